The molecule has 0 aliphatic carbocycles. The van der Waals surface area contributed by atoms with Gasteiger partial charge in [0.15, 0.2) is 10.9 Å². The van der Waals surface area contributed by atoms with E-state index in [1.807, 2.05) is 83.3 Å². The van der Waals surface area contributed by atoms with Gasteiger partial charge in [-0.1, -0.05) is 72.8 Å². The van der Waals surface area contributed by atoms with Crippen molar-refractivity contribution in [2.45, 2.75) is 0 Å². The zero-order valence-electron chi connectivity index (χ0n) is 22.4. The van der Waals surface area contributed by atoms with Crippen molar-refractivity contribution in [3.05, 3.63) is 160 Å². The van der Waals surface area contributed by atoms with Crippen LogP contribution in [0.5, 0.6) is 0 Å². The van der Waals surface area contributed by atoms with Crippen LogP contribution in [0.15, 0.2) is 149 Å². The zero-order chi connectivity index (χ0) is 28.2. The molecule has 8 rings (SSSR count). The summed E-state index contributed by atoms with van der Waals surface area (Å²) in [5.74, 6) is 0. The average molecular weight is 542 g/mol. The summed E-state index contributed by atoms with van der Waals surface area (Å²) >= 11 is 0. The van der Waals surface area contributed by atoms with Crippen LogP contribution >= 0.6 is 0 Å². The molecule has 3 aromatic heterocycles. The molecule has 0 aliphatic heterocycles. The van der Waals surface area contributed by atoms with Gasteiger partial charge in [-0.2, -0.15) is 0 Å². The number of benzene rings is 5. The summed E-state index contributed by atoms with van der Waals surface area (Å²) < 4.78 is 2.05. The van der Waals surface area contributed by atoms with E-state index < -0.39 is 0 Å². The normalized spacial score (nSPS) is 11.5. The molecule has 5 heteroatoms. The lowest BCUT2D eigenvalue weighted by molar-refractivity contribution is 1.26. The SMILES string of the molecule is O=c1c2ccccc2n2c3cc(N(c4ccccc4)c4ccc(-c5ccccc5)cc4)ccc3c(=O)c3cncc1c32. The van der Waals surface area contributed by atoms with Gasteiger partial charge >= 0.3 is 0 Å². The van der Waals surface area contributed by atoms with Crippen molar-refractivity contribution in [3.63, 3.8) is 0 Å². The molecule has 3 heterocycles. The fourth-order valence-corrected chi connectivity index (χ4v) is 6.04. The van der Waals surface area contributed by atoms with E-state index in [4.69, 9.17) is 0 Å². The molecule has 0 unspecified atom stereocenters. The molecule has 42 heavy (non-hydrogen) atoms. The number of para-hydroxylation sites is 2. The predicted molar refractivity (Wildman–Crippen MR) is 172 cm³/mol. The van der Waals surface area contributed by atoms with Gasteiger partial charge in [-0.3, -0.25) is 14.6 Å². The van der Waals surface area contributed by atoms with Crippen molar-refractivity contribution in [1.29, 1.82) is 0 Å². The van der Waals surface area contributed by atoms with E-state index in [9.17, 15) is 9.59 Å². The lowest BCUT2D eigenvalue weighted by Gasteiger charge is -2.26. The van der Waals surface area contributed by atoms with Crippen molar-refractivity contribution in [3.8, 4) is 11.1 Å². The van der Waals surface area contributed by atoms with E-state index in [1.165, 1.54) is 0 Å². The van der Waals surface area contributed by atoms with Gasteiger partial charge in [-0.05, 0) is 65.7 Å². The molecular formula is C37H23N3O2. The van der Waals surface area contributed by atoms with Crippen LogP contribution in [0.1, 0.15) is 0 Å². The van der Waals surface area contributed by atoms with Crippen LogP contribution < -0.4 is 15.8 Å². The number of nitrogens with zero attached hydrogens (tertiary/aromatic N) is 3. The number of aromatic nitrogens is 2. The molecule has 8 aromatic rings. The summed E-state index contributed by atoms with van der Waals surface area (Å²) in [7, 11) is 0. The third-order valence-electron chi connectivity index (χ3n) is 7.99. The van der Waals surface area contributed by atoms with Crippen LogP contribution in [0.2, 0.25) is 0 Å². The fourth-order valence-electron chi connectivity index (χ4n) is 6.04. The maximum atomic E-state index is 13.8. The Morgan fingerprint density at radius 3 is 1.74 bits per heavy atom. The van der Waals surface area contributed by atoms with Crippen molar-refractivity contribution < 1.29 is 0 Å². The maximum absolute atomic E-state index is 13.8. The zero-order valence-corrected chi connectivity index (χ0v) is 22.4. The van der Waals surface area contributed by atoms with Crippen LogP contribution in [-0.4, -0.2) is 9.38 Å². The van der Waals surface area contributed by atoms with Gasteiger partial charge < -0.3 is 9.30 Å². The molecule has 0 saturated carbocycles. The smallest absolute Gasteiger partial charge is 0.198 e. The van der Waals surface area contributed by atoms with Crippen LogP contribution in [0.25, 0.3) is 49.2 Å². The van der Waals surface area contributed by atoms with E-state index in [-0.39, 0.29) is 10.9 Å². The maximum Gasteiger partial charge on any atom is 0.198 e. The summed E-state index contributed by atoms with van der Waals surface area (Å²) in [6.07, 6.45) is 3.13. The number of fused-ring (bicyclic) bond motifs is 4. The lowest BCUT2D eigenvalue weighted by atomic mass is 10.0. The highest BCUT2D eigenvalue weighted by molar-refractivity contribution is 6.07. The van der Waals surface area contributed by atoms with Crippen molar-refractivity contribution >= 4 is 55.2 Å². The molecule has 0 N–H and O–H groups in total. The summed E-state index contributed by atoms with van der Waals surface area (Å²) in [6, 6.07) is 42.5. The highest BCUT2D eigenvalue weighted by Crippen LogP contribution is 2.37. The highest BCUT2D eigenvalue weighted by Gasteiger charge is 2.19. The van der Waals surface area contributed by atoms with Crippen LogP contribution in [-0.2, 0) is 0 Å². The van der Waals surface area contributed by atoms with Crippen molar-refractivity contribution in [2.75, 3.05) is 4.90 Å². The average Bonchev–Trinajstić information content (AvgIpc) is 3.06. The second-order valence-electron chi connectivity index (χ2n) is 10.4. The quantitative estimate of drug-likeness (QED) is 0.167. The first-order valence-corrected chi connectivity index (χ1v) is 13.8. The van der Waals surface area contributed by atoms with Gasteiger partial charge in [0.25, 0.3) is 0 Å². The molecule has 5 nitrogen and oxygen atoms in total. The minimum Gasteiger partial charge on any atom is -0.310 e. The Bertz CT molecular complexity index is 2370. The fraction of sp³-hybridized carbons (Fsp3) is 0. The highest BCUT2D eigenvalue weighted by atomic mass is 16.1. The van der Waals surface area contributed by atoms with Gasteiger partial charge in [-0.25, -0.2) is 0 Å². The minimum absolute atomic E-state index is 0.122. The Morgan fingerprint density at radius 2 is 1.02 bits per heavy atom. The second-order valence-corrected chi connectivity index (χ2v) is 10.4. The van der Waals surface area contributed by atoms with E-state index in [1.54, 1.807) is 12.4 Å². The minimum atomic E-state index is -0.136. The van der Waals surface area contributed by atoms with Gasteiger partial charge in [0.2, 0.25) is 0 Å². The Kier molecular flexibility index (Phi) is 5.37. The van der Waals surface area contributed by atoms with E-state index in [0.717, 1.165) is 39.2 Å². The van der Waals surface area contributed by atoms with Gasteiger partial charge in [-0.15, -0.1) is 0 Å². The Hall–Kier alpha value is -5.81. The summed E-state index contributed by atoms with van der Waals surface area (Å²) in [5.41, 5.74) is 7.00. The largest absolute Gasteiger partial charge is 0.310 e. The Balaban J connectivity index is 1.42. The number of anilines is 3. The monoisotopic (exact) mass is 541 g/mol. The molecule has 0 radical (unpaired) electrons. The molecule has 5 aromatic carbocycles. The third-order valence-corrected chi connectivity index (χ3v) is 7.99. The van der Waals surface area contributed by atoms with E-state index in [2.05, 4.69) is 58.4 Å². The topological polar surface area (TPSA) is 54.7 Å². The van der Waals surface area contributed by atoms with Crippen molar-refractivity contribution in [2.24, 2.45) is 0 Å². The summed E-state index contributed by atoms with van der Waals surface area (Å²) in [5, 5.41) is 2.03. The summed E-state index contributed by atoms with van der Waals surface area (Å²) in [4.78, 5) is 33.7. The predicted octanol–water partition coefficient (Wildman–Crippen LogP) is 8.09. The van der Waals surface area contributed by atoms with Crippen LogP contribution in [0.3, 0.4) is 0 Å². The molecule has 0 spiro atoms. The molecule has 0 saturated heterocycles. The first-order valence-electron chi connectivity index (χ1n) is 13.8. The Labute approximate surface area is 240 Å². The standard InChI is InChI=1S/C37H23N3O2/c41-36-29-13-7-8-14-33(29)40-34-21-28(19-20-30(34)37(42)32-23-38-22-31(36)35(32)40)39(26-11-5-2-6-12-26)27-17-15-25(16-18-27)24-9-3-1-4-10-24/h1-23H. The van der Waals surface area contributed by atoms with Gasteiger partial charge in [0.05, 0.1) is 27.3 Å². The Morgan fingerprint density at radius 1 is 0.476 bits per heavy atom. The molecule has 0 aliphatic rings. The van der Waals surface area contributed by atoms with Crippen LogP contribution in [0, 0.1) is 0 Å². The number of rotatable bonds is 4. The number of pyridine rings is 3. The molecule has 0 amide bonds. The molecule has 0 atom stereocenters. The van der Waals surface area contributed by atoms with Gasteiger partial charge in [0, 0.05) is 40.2 Å². The van der Waals surface area contributed by atoms with Crippen LogP contribution in [0.4, 0.5) is 17.1 Å². The van der Waals surface area contributed by atoms with E-state index in [0.29, 0.717) is 27.1 Å². The van der Waals surface area contributed by atoms with Gasteiger partial charge in [0.1, 0.15) is 0 Å². The number of hydrogen-bond acceptors (Lipinski definition) is 4. The molecule has 0 bridgehead atoms. The molecule has 198 valence electrons. The molecule has 0 fully saturated rings. The third kappa shape index (κ3) is 3.61. The first-order chi connectivity index (χ1) is 20.7. The molecular weight excluding hydrogens is 518 g/mol. The first kappa shape index (κ1) is 24.0. The second kappa shape index (κ2) is 9.39. The lowest BCUT2D eigenvalue weighted by Crippen LogP contribution is -2.15. The summed E-state index contributed by atoms with van der Waals surface area (Å²) in [6.45, 7) is 0. The number of hydrogen-bond donors (Lipinski definition) is 0. The van der Waals surface area contributed by atoms with E-state index >= 15 is 0 Å². The van der Waals surface area contributed by atoms with Crippen molar-refractivity contribution in [1.82, 2.24) is 9.38 Å².